The van der Waals surface area contributed by atoms with Crippen LogP contribution in [0.4, 0.5) is 0 Å². The van der Waals surface area contributed by atoms with Crippen LogP contribution in [0.25, 0.3) is 10.8 Å². The van der Waals surface area contributed by atoms with E-state index in [4.69, 9.17) is 0 Å². The SMILES string of the molecule is Cc1ccc2ccccc2c1/C=N/S(=O)(=O)c1ccc(C(C)(C)C)cc1. The molecule has 0 amide bonds. The summed E-state index contributed by atoms with van der Waals surface area (Å²) >= 11 is 0. The first-order chi connectivity index (χ1) is 12.2. The predicted molar refractivity (Wildman–Crippen MR) is 109 cm³/mol. The third-order valence-corrected chi connectivity index (χ3v) is 5.78. The zero-order chi connectivity index (χ0) is 18.9. The van der Waals surface area contributed by atoms with Gasteiger partial charge in [0.15, 0.2) is 0 Å². The molecule has 134 valence electrons. The fraction of sp³-hybridized carbons (Fsp3) is 0.227. The van der Waals surface area contributed by atoms with Crippen molar-refractivity contribution < 1.29 is 8.42 Å². The fourth-order valence-electron chi connectivity index (χ4n) is 2.89. The molecule has 0 heterocycles. The Labute approximate surface area is 155 Å². The zero-order valence-electron chi connectivity index (χ0n) is 15.5. The van der Waals surface area contributed by atoms with E-state index in [0.29, 0.717) is 0 Å². The Morgan fingerprint density at radius 1 is 0.885 bits per heavy atom. The van der Waals surface area contributed by atoms with Crippen molar-refractivity contribution in [2.24, 2.45) is 4.40 Å². The van der Waals surface area contributed by atoms with E-state index < -0.39 is 10.0 Å². The van der Waals surface area contributed by atoms with Crippen LogP contribution in [0, 0.1) is 6.92 Å². The lowest BCUT2D eigenvalue weighted by atomic mass is 9.87. The number of sulfonamides is 1. The average Bonchev–Trinajstić information content (AvgIpc) is 2.60. The number of hydrogen-bond acceptors (Lipinski definition) is 2. The van der Waals surface area contributed by atoms with Gasteiger partial charge in [0.25, 0.3) is 10.0 Å². The van der Waals surface area contributed by atoms with Gasteiger partial charge in [-0.3, -0.25) is 0 Å². The molecule has 0 aliphatic heterocycles. The number of nitrogens with zero attached hydrogens (tertiary/aromatic N) is 1. The van der Waals surface area contributed by atoms with E-state index in [1.807, 2.05) is 55.5 Å². The van der Waals surface area contributed by atoms with Crippen LogP contribution in [0.15, 0.2) is 70.0 Å². The maximum atomic E-state index is 12.6. The van der Waals surface area contributed by atoms with Gasteiger partial charge in [-0.1, -0.05) is 69.3 Å². The molecular formula is C22H23NO2S. The molecule has 0 N–H and O–H groups in total. The van der Waals surface area contributed by atoms with Crippen LogP contribution in [-0.4, -0.2) is 14.6 Å². The Kier molecular flexibility index (Phi) is 4.72. The molecule has 3 aromatic carbocycles. The Bertz CT molecular complexity index is 1070. The van der Waals surface area contributed by atoms with Crippen molar-refractivity contribution >= 4 is 27.0 Å². The minimum Gasteiger partial charge on any atom is -0.199 e. The predicted octanol–water partition coefficient (Wildman–Crippen LogP) is 5.25. The summed E-state index contributed by atoms with van der Waals surface area (Å²) in [6.07, 6.45) is 1.46. The standard InChI is InChI=1S/C22H23NO2S/c1-16-9-10-17-7-5-6-8-20(17)21(16)15-23-26(24,25)19-13-11-18(12-14-19)22(2,3)4/h5-15H,1-4H3/b23-15+. The van der Waals surface area contributed by atoms with Crippen LogP contribution < -0.4 is 0 Å². The zero-order valence-corrected chi connectivity index (χ0v) is 16.3. The minimum atomic E-state index is -3.74. The lowest BCUT2D eigenvalue weighted by Gasteiger charge is -2.18. The molecule has 0 aliphatic carbocycles. The van der Waals surface area contributed by atoms with Gasteiger partial charge in [-0.25, -0.2) is 0 Å². The van der Waals surface area contributed by atoms with Crippen LogP contribution in [0.1, 0.15) is 37.5 Å². The summed E-state index contributed by atoms with van der Waals surface area (Å²) in [4.78, 5) is 0.208. The molecule has 3 rings (SSSR count). The quantitative estimate of drug-likeness (QED) is 0.595. The van der Waals surface area contributed by atoms with Crippen molar-refractivity contribution in [1.82, 2.24) is 0 Å². The Balaban J connectivity index is 1.99. The lowest BCUT2D eigenvalue weighted by molar-refractivity contribution is 0.587. The number of aryl methyl sites for hydroxylation is 1. The van der Waals surface area contributed by atoms with Gasteiger partial charge in [0.1, 0.15) is 0 Å². The Hall–Kier alpha value is -2.46. The molecule has 0 spiro atoms. The van der Waals surface area contributed by atoms with Crippen molar-refractivity contribution in [1.29, 1.82) is 0 Å². The first kappa shape index (κ1) is 18.3. The maximum absolute atomic E-state index is 12.6. The van der Waals surface area contributed by atoms with Crippen LogP contribution >= 0.6 is 0 Å². The van der Waals surface area contributed by atoms with Crippen LogP contribution in [0.2, 0.25) is 0 Å². The summed E-state index contributed by atoms with van der Waals surface area (Å²) in [6.45, 7) is 8.24. The molecule has 0 saturated heterocycles. The summed E-state index contributed by atoms with van der Waals surface area (Å²) in [6, 6.07) is 18.9. The van der Waals surface area contributed by atoms with E-state index in [1.165, 1.54) is 6.21 Å². The number of benzene rings is 3. The summed E-state index contributed by atoms with van der Waals surface area (Å²) < 4.78 is 29.2. The van der Waals surface area contributed by atoms with Crippen molar-refractivity contribution in [2.75, 3.05) is 0 Å². The molecule has 0 aromatic heterocycles. The second-order valence-electron chi connectivity index (χ2n) is 7.50. The van der Waals surface area contributed by atoms with Gasteiger partial charge >= 0.3 is 0 Å². The van der Waals surface area contributed by atoms with E-state index in [-0.39, 0.29) is 10.3 Å². The van der Waals surface area contributed by atoms with Crippen LogP contribution in [-0.2, 0) is 15.4 Å². The highest BCUT2D eigenvalue weighted by Crippen LogP contribution is 2.25. The summed E-state index contributed by atoms with van der Waals surface area (Å²) in [5, 5.41) is 2.06. The molecule has 0 radical (unpaired) electrons. The first-order valence-corrected chi connectivity index (χ1v) is 10.0. The molecular weight excluding hydrogens is 342 g/mol. The van der Waals surface area contributed by atoms with E-state index >= 15 is 0 Å². The highest BCUT2D eigenvalue weighted by molar-refractivity contribution is 7.90. The third-order valence-electron chi connectivity index (χ3n) is 4.53. The van der Waals surface area contributed by atoms with Gasteiger partial charge in [-0.2, -0.15) is 12.8 Å². The summed E-state index contributed by atoms with van der Waals surface area (Å²) in [7, 11) is -3.74. The first-order valence-electron chi connectivity index (χ1n) is 8.58. The molecule has 3 nitrogen and oxygen atoms in total. The number of fused-ring (bicyclic) bond motifs is 1. The van der Waals surface area contributed by atoms with Gasteiger partial charge in [-0.05, 0) is 46.4 Å². The average molecular weight is 365 g/mol. The van der Waals surface area contributed by atoms with Crippen molar-refractivity contribution in [3.05, 3.63) is 77.4 Å². The molecule has 3 aromatic rings. The maximum Gasteiger partial charge on any atom is 0.282 e. The Morgan fingerprint density at radius 3 is 2.19 bits per heavy atom. The van der Waals surface area contributed by atoms with Gasteiger partial charge in [0.2, 0.25) is 0 Å². The lowest BCUT2D eigenvalue weighted by Crippen LogP contribution is -2.11. The van der Waals surface area contributed by atoms with Crippen molar-refractivity contribution in [3.8, 4) is 0 Å². The van der Waals surface area contributed by atoms with E-state index in [2.05, 4.69) is 25.2 Å². The fourth-order valence-corrected chi connectivity index (χ4v) is 3.73. The van der Waals surface area contributed by atoms with Crippen molar-refractivity contribution in [2.45, 2.75) is 38.0 Å². The molecule has 0 atom stereocenters. The monoisotopic (exact) mass is 365 g/mol. The summed E-state index contributed by atoms with van der Waals surface area (Å²) in [5.74, 6) is 0. The van der Waals surface area contributed by atoms with Gasteiger partial charge in [0, 0.05) is 11.8 Å². The summed E-state index contributed by atoms with van der Waals surface area (Å²) in [5.41, 5.74) is 2.89. The van der Waals surface area contributed by atoms with Gasteiger partial charge < -0.3 is 0 Å². The van der Waals surface area contributed by atoms with E-state index in [0.717, 1.165) is 27.5 Å². The number of hydrogen-bond donors (Lipinski definition) is 0. The molecule has 0 aliphatic rings. The molecule has 0 fully saturated rings. The van der Waals surface area contributed by atoms with Crippen molar-refractivity contribution in [3.63, 3.8) is 0 Å². The highest BCUT2D eigenvalue weighted by atomic mass is 32.2. The molecule has 0 unspecified atom stereocenters. The van der Waals surface area contributed by atoms with E-state index in [9.17, 15) is 8.42 Å². The smallest absolute Gasteiger partial charge is 0.199 e. The highest BCUT2D eigenvalue weighted by Gasteiger charge is 2.17. The van der Waals surface area contributed by atoms with E-state index in [1.54, 1.807) is 12.1 Å². The minimum absolute atomic E-state index is 0.0222. The van der Waals surface area contributed by atoms with Crippen LogP contribution in [0.5, 0.6) is 0 Å². The normalized spacial score (nSPS) is 12.8. The second-order valence-corrected chi connectivity index (χ2v) is 9.13. The topological polar surface area (TPSA) is 46.5 Å². The molecule has 26 heavy (non-hydrogen) atoms. The number of rotatable bonds is 3. The van der Waals surface area contributed by atoms with Gasteiger partial charge in [0.05, 0.1) is 4.90 Å². The third kappa shape index (κ3) is 3.70. The Morgan fingerprint density at radius 2 is 1.54 bits per heavy atom. The van der Waals surface area contributed by atoms with Crippen LogP contribution in [0.3, 0.4) is 0 Å². The largest absolute Gasteiger partial charge is 0.282 e. The molecule has 4 heteroatoms. The molecule has 0 saturated carbocycles. The molecule has 0 bridgehead atoms. The van der Waals surface area contributed by atoms with Gasteiger partial charge in [-0.15, -0.1) is 0 Å². The second kappa shape index (κ2) is 6.69.